The highest BCUT2D eigenvalue weighted by atomic mass is 32.2. The molecule has 0 aliphatic heterocycles. The second-order valence-corrected chi connectivity index (χ2v) is 7.60. The third kappa shape index (κ3) is 3.79. The summed E-state index contributed by atoms with van der Waals surface area (Å²) in [4.78, 5) is 20.4. The lowest BCUT2D eigenvalue weighted by atomic mass is 9.85. The van der Waals surface area contributed by atoms with Crippen molar-refractivity contribution in [3.8, 4) is 0 Å². The summed E-state index contributed by atoms with van der Waals surface area (Å²) in [7, 11) is -3.41. The number of nitrogens with one attached hydrogen (secondary N) is 1. The molecule has 0 saturated carbocycles. The van der Waals surface area contributed by atoms with Crippen LogP contribution in [0.4, 0.5) is 0 Å². The van der Waals surface area contributed by atoms with Gasteiger partial charge in [0.15, 0.2) is 14.9 Å². The van der Waals surface area contributed by atoms with Crippen molar-refractivity contribution in [3.63, 3.8) is 0 Å². The van der Waals surface area contributed by atoms with Gasteiger partial charge in [-0.2, -0.15) is 0 Å². The van der Waals surface area contributed by atoms with Crippen molar-refractivity contribution in [2.75, 3.05) is 6.26 Å². The van der Waals surface area contributed by atoms with Crippen LogP contribution >= 0.6 is 0 Å². The second kappa shape index (κ2) is 7.09. The van der Waals surface area contributed by atoms with Crippen molar-refractivity contribution in [3.05, 3.63) is 54.0 Å². The van der Waals surface area contributed by atoms with E-state index < -0.39 is 15.4 Å². The molecule has 0 bridgehead atoms. The van der Waals surface area contributed by atoms with Gasteiger partial charge in [0.25, 0.3) is 5.91 Å². The molecule has 0 spiro atoms. The predicted octanol–water partition coefficient (Wildman–Crippen LogP) is 2.33. The summed E-state index contributed by atoms with van der Waals surface area (Å²) < 4.78 is 23.6. The number of hydrogen-bond acceptors (Lipinski definition) is 5. The SMILES string of the molecule is CCC(CC)(NC(=O)c1ccncc1)c1ccnc(S(C)(=O)=O)c1. The molecule has 0 radical (unpaired) electrons. The summed E-state index contributed by atoms with van der Waals surface area (Å²) in [5.74, 6) is -0.223. The molecular formula is C17H21N3O3S. The second-order valence-electron chi connectivity index (χ2n) is 5.63. The zero-order valence-corrected chi connectivity index (χ0v) is 14.8. The molecule has 7 heteroatoms. The third-order valence-corrected chi connectivity index (χ3v) is 5.15. The molecule has 2 rings (SSSR count). The molecule has 0 unspecified atom stereocenters. The smallest absolute Gasteiger partial charge is 0.252 e. The van der Waals surface area contributed by atoms with Crippen LogP contribution in [0.5, 0.6) is 0 Å². The number of nitrogens with zero attached hydrogens (tertiary/aromatic N) is 2. The zero-order valence-electron chi connectivity index (χ0n) is 14.0. The van der Waals surface area contributed by atoms with Crippen molar-refractivity contribution in [1.82, 2.24) is 15.3 Å². The molecule has 0 aromatic carbocycles. The summed E-state index contributed by atoms with van der Waals surface area (Å²) >= 11 is 0. The lowest BCUT2D eigenvalue weighted by molar-refractivity contribution is 0.0889. The number of sulfone groups is 1. The monoisotopic (exact) mass is 347 g/mol. The molecule has 1 amide bonds. The molecule has 0 aliphatic carbocycles. The van der Waals surface area contributed by atoms with Crippen LogP contribution in [-0.4, -0.2) is 30.5 Å². The van der Waals surface area contributed by atoms with Gasteiger partial charge in [0, 0.05) is 30.4 Å². The average molecular weight is 347 g/mol. The molecule has 0 aliphatic rings. The van der Waals surface area contributed by atoms with Gasteiger partial charge in [0.1, 0.15) is 0 Å². The number of amides is 1. The van der Waals surface area contributed by atoms with Crippen LogP contribution in [0.2, 0.25) is 0 Å². The van der Waals surface area contributed by atoms with Crippen LogP contribution in [0.15, 0.2) is 47.9 Å². The van der Waals surface area contributed by atoms with Crippen LogP contribution < -0.4 is 5.32 Å². The Morgan fingerprint density at radius 2 is 1.75 bits per heavy atom. The highest BCUT2D eigenvalue weighted by molar-refractivity contribution is 7.90. The molecule has 2 aromatic heterocycles. The number of carbonyl (C=O) groups excluding carboxylic acids is 1. The summed E-state index contributed by atoms with van der Waals surface area (Å²) in [6.45, 7) is 3.91. The third-order valence-electron chi connectivity index (χ3n) is 4.17. The van der Waals surface area contributed by atoms with Gasteiger partial charge in [-0.25, -0.2) is 13.4 Å². The van der Waals surface area contributed by atoms with E-state index in [1.807, 2.05) is 13.8 Å². The maximum Gasteiger partial charge on any atom is 0.252 e. The number of pyridine rings is 2. The number of carbonyl (C=O) groups is 1. The van der Waals surface area contributed by atoms with Gasteiger partial charge >= 0.3 is 0 Å². The fraction of sp³-hybridized carbons (Fsp3) is 0.353. The Bertz CT molecular complexity index is 816. The van der Waals surface area contributed by atoms with Gasteiger partial charge < -0.3 is 5.32 Å². The number of hydrogen-bond donors (Lipinski definition) is 1. The molecule has 2 aromatic rings. The number of aromatic nitrogens is 2. The first-order valence-electron chi connectivity index (χ1n) is 7.71. The summed E-state index contributed by atoms with van der Waals surface area (Å²) in [5.41, 5.74) is 0.571. The Morgan fingerprint density at radius 3 is 2.29 bits per heavy atom. The molecule has 128 valence electrons. The molecule has 1 N–H and O–H groups in total. The summed E-state index contributed by atoms with van der Waals surface area (Å²) in [6.07, 6.45) is 6.94. The largest absolute Gasteiger partial charge is 0.343 e. The molecule has 24 heavy (non-hydrogen) atoms. The quantitative estimate of drug-likeness (QED) is 0.866. The van der Waals surface area contributed by atoms with Gasteiger partial charge in [-0.15, -0.1) is 0 Å². The van der Waals surface area contributed by atoms with Gasteiger partial charge in [-0.1, -0.05) is 13.8 Å². The normalized spacial score (nSPS) is 12.0. The van der Waals surface area contributed by atoms with Gasteiger partial charge in [0.05, 0.1) is 5.54 Å². The average Bonchev–Trinajstić information content (AvgIpc) is 2.60. The molecule has 2 heterocycles. The van der Waals surface area contributed by atoms with Gasteiger partial charge in [-0.05, 0) is 42.7 Å². The van der Waals surface area contributed by atoms with E-state index in [0.29, 0.717) is 18.4 Å². The van der Waals surface area contributed by atoms with Crippen LogP contribution in [-0.2, 0) is 15.4 Å². The highest BCUT2D eigenvalue weighted by Crippen LogP contribution is 2.30. The van der Waals surface area contributed by atoms with Gasteiger partial charge in [-0.3, -0.25) is 9.78 Å². The standard InChI is InChI=1S/C17H21N3O3S/c1-4-17(5-2,20-16(21)13-6-9-18-10-7-13)14-8-11-19-15(12-14)24(3,22)23/h6-12H,4-5H2,1-3H3,(H,20,21). The summed E-state index contributed by atoms with van der Waals surface area (Å²) in [5, 5.41) is 3.06. The van der Waals surface area contributed by atoms with E-state index in [1.54, 1.807) is 30.6 Å². The first-order valence-corrected chi connectivity index (χ1v) is 9.60. The van der Waals surface area contributed by atoms with E-state index in [9.17, 15) is 13.2 Å². The Balaban J connectivity index is 2.43. The minimum Gasteiger partial charge on any atom is -0.343 e. The van der Waals surface area contributed by atoms with Crippen molar-refractivity contribution >= 4 is 15.7 Å². The Kier molecular flexibility index (Phi) is 5.33. The fourth-order valence-electron chi connectivity index (χ4n) is 2.61. The maximum atomic E-state index is 12.6. The predicted molar refractivity (Wildman–Crippen MR) is 91.3 cm³/mol. The minimum atomic E-state index is -3.41. The molecule has 0 atom stereocenters. The molecular weight excluding hydrogens is 326 g/mol. The van der Waals surface area contributed by atoms with Crippen LogP contribution in [0.25, 0.3) is 0 Å². The lowest BCUT2D eigenvalue weighted by Gasteiger charge is -2.33. The first-order chi connectivity index (χ1) is 11.3. The van der Waals surface area contributed by atoms with E-state index in [-0.39, 0.29) is 10.9 Å². The topological polar surface area (TPSA) is 89.0 Å². The van der Waals surface area contributed by atoms with Crippen molar-refractivity contribution < 1.29 is 13.2 Å². The molecule has 6 nitrogen and oxygen atoms in total. The zero-order chi connectivity index (χ0) is 17.8. The highest BCUT2D eigenvalue weighted by Gasteiger charge is 2.31. The van der Waals surface area contributed by atoms with Crippen molar-refractivity contribution in [2.45, 2.75) is 37.3 Å². The van der Waals surface area contributed by atoms with E-state index in [2.05, 4.69) is 15.3 Å². The van der Waals surface area contributed by atoms with Crippen LogP contribution in [0, 0.1) is 0 Å². The first kappa shape index (κ1) is 18.1. The molecule has 0 saturated heterocycles. The van der Waals surface area contributed by atoms with Crippen molar-refractivity contribution in [1.29, 1.82) is 0 Å². The Morgan fingerprint density at radius 1 is 1.12 bits per heavy atom. The minimum absolute atomic E-state index is 0.00411. The van der Waals surface area contributed by atoms with E-state index in [0.717, 1.165) is 11.8 Å². The van der Waals surface area contributed by atoms with Crippen LogP contribution in [0.1, 0.15) is 42.6 Å². The molecule has 0 fully saturated rings. The Hall–Kier alpha value is -2.28. The Labute approximate surface area is 142 Å². The van der Waals surface area contributed by atoms with Gasteiger partial charge in [0.2, 0.25) is 0 Å². The van der Waals surface area contributed by atoms with E-state index in [1.165, 1.54) is 12.3 Å². The lowest BCUT2D eigenvalue weighted by Crippen LogP contribution is -2.45. The van der Waals surface area contributed by atoms with E-state index in [4.69, 9.17) is 0 Å². The summed E-state index contributed by atoms with van der Waals surface area (Å²) in [6, 6.07) is 6.56. The number of rotatable bonds is 6. The fourth-order valence-corrected chi connectivity index (χ4v) is 3.20. The van der Waals surface area contributed by atoms with Crippen molar-refractivity contribution in [2.24, 2.45) is 0 Å². The van der Waals surface area contributed by atoms with Crippen LogP contribution in [0.3, 0.4) is 0 Å². The van der Waals surface area contributed by atoms with E-state index >= 15 is 0 Å². The maximum absolute atomic E-state index is 12.6.